The minimum atomic E-state index is -4.29. The van der Waals surface area contributed by atoms with Crippen LogP contribution in [0.25, 0.3) is 0 Å². The highest BCUT2D eigenvalue weighted by Gasteiger charge is 2.32. The number of halogens is 3. The zero-order chi connectivity index (χ0) is 10.1. The Morgan fingerprint density at radius 3 is 2.46 bits per heavy atom. The maximum Gasteiger partial charge on any atom is 0.423 e. The van der Waals surface area contributed by atoms with Gasteiger partial charge in [-0.05, 0) is 6.08 Å². The van der Waals surface area contributed by atoms with Crippen molar-refractivity contribution in [1.29, 1.82) is 0 Å². The van der Waals surface area contributed by atoms with Crippen LogP contribution in [0.3, 0.4) is 0 Å². The number of hydrogen-bond acceptors (Lipinski definition) is 1. The van der Waals surface area contributed by atoms with Crippen LogP contribution in [0.2, 0.25) is 0 Å². The van der Waals surface area contributed by atoms with Crippen LogP contribution in [-0.4, -0.2) is 25.2 Å². The molecule has 0 saturated heterocycles. The van der Waals surface area contributed by atoms with E-state index in [-0.39, 0.29) is 0 Å². The maximum atomic E-state index is 12.2. The van der Waals surface area contributed by atoms with Crippen molar-refractivity contribution in [2.75, 3.05) is 14.1 Å². The SMILES string of the molecule is CN(C)C1=C=C(C(F)(F)F)C=CC1. The van der Waals surface area contributed by atoms with Crippen LogP contribution >= 0.6 is 0 Å². The van der Waals surface area contributed by atoms with E-state index in [2.05, 4.69) is 5.73 Å². The van der Waals surface area contributed by atoms with E-state index in [0.717, 1.165) is 6.08 Å². The zero-order valence-corrected chi connectivity index (χ0v) is 7.44. The Morgan fingerprint density at radius 2 is 2.00 bits per heavy atom. The van der Waals surface area contributed by atoms with Crippen LogP contribution in [0.5, 0.6) is 0 Å². The molecule has 13 heavy (non-hydrogen) atoms. The van der Waals surface area contributed by atoms with E-state index in [1.807, 2.05) is 0 Å². The zero-order valence-electron chi connectivity index (χ0n) is 7.44. The van der Waals surface area contributed by atoms with Crippen molar-refractivity contribution in [3.8, 4) is 0 Å². The van der Waals surface area contributed by atoms with Crippen LogP contribution in [0.1, 0.15) is 6.42 Å². The molecule has 0 aromatic heterocycles. The minimum Gasteiger partial charge on any atom is -0.374 e. The maximum absolute atomic E-state index is 12.2. The highest BCUT2D eigenvalue weighted by molar-refractivity contribution is 5.30. The Labute approximate surface area is 74.8 Å². The van der Waals surface area contributed by atoms with Crippen LogP contribution in [0.4, 0.5) is 13.2 Å². The topological polar surface area (TPSA) is 3.24 Å². The van der Waals surface area contributed by atoms with Gasteiger partial charge in [-0.3, -0.25) is 0 Å². The van der Waals surface area contributed by atoms with Gasteiger partial charge >= 0.3 is 6.18 Å². The van der Waals surface area contributed by atoms with Crippen molar-refractivity contribution in [2.24, 2.45) is 0 Å². The summed E-state index contributed by atoms with van der Waals surface area (Å²) in [5.41, 5.74) is 2.18. The van der Waals surface area contributed by atoms with Gasteiger partial charge < -0.3 is 4.90 Å². The van der Waals surface area contributed by atoms with Crippen molar-refractivity contribution < 1.29 is 13.2 Å². The molecule has 72 valence electrons. The molecule has 0 N–H and O–H groups in total. The Hall–Kier alpha value is -1.15. The minimum absolute atomic E-state index is 0.507. The molecule has 1 aliphatic carbocycles. The molecular weight excluding hydrogens is 179 g/mol. The molecule has 0 saturated carbocycles. The third kappa shape index (κ3) is 2.39. The first-order valence-electron chi connectivity index (χ1n) is 3.82. The third-order valence-electron chi connectivity index (χ3n) is 1.72. The molecular formula is C9H10F3N. The average molecular weight is 189 g/mol. The molecule has 1 nitrogen and oxygen atoms in total. The van der Waals surface area contributed by atoms with E-state index in [9.17, 15) is 13.2 Å². The lowest BCUT2D eigenvalue weighted by Gasteiger charge is -2.16. The van der Waals surface area contributed by atoms with E-state index >= 15 is 0 Å². The fourth-order valence-electron chi connectivity index (χ4n) is 0.996. The molecule has 0 aliphatic heterocycles. The van der Waals surface area contributed by atoms with Gasteiger partial charge in [0.15, 0.2) is 0 Å². The van der Waals surface area contributed by atoms with Gasteiger partial charge in [-0.25, -0.2) is 0 Å². The van der Waals surface area contributed by atoms with Gasteiger partial charge in [-0.1, -0.05) is 11.8 Å². The molecule has 1 aliphatic rings. The number of rotatable bonds is 1. The molecule has 0 atom stereocenters. The summed E-state index contributed by atoms with van der Waals surface area (Å²) in [7, 11) is 3.41. The van der Waals surface area contributed by atoms with Gasteiger partial charge in [0.25, 0.3) is 0 Å². The van der Waals surface area contributed by atoms with E-state index in [1.165, 1.54) is 6.08 Å². The smallest absolute Gasteiger partial charge is 0.374 e. The van der Waals surface area contributed by atoms with Crippen molar-refractivity contribution in [2.45, 2.75) is 12.6 Å². The molecule has 0 bridgehead atoms. The van der Waals surface area contributed by atoms with Gasteiger partial charge in [-0.2, -0.15) is 13.2 Å². The van der Waals surface area contributed by atoms with Gasteiger partial charge in [0.1, 0.15) is 0 Å². The molecule has 0 heterocycles. The summed E-state index contributed by atoms with van der Waals surface area (Å²) in [4.78, 5) is 1.63. The van der Waals surface area contributed by atoms with Gasteiger partial charge in [0, 0.05) is 20.5 Å². The lowest BCUT2D eigenvalue weighted by Crippen LogP contribution is -2.15. The second-order valence-electron chi connectivity index (χ2n) is 2.98. The fourth-order valence-corrected chi connectivity index (χ4v) is 0.996. The predicted octanol–water partition coefficient (Wildman–Crippen LogP) is 2.48. The standard InChI is InChI=1S/C9H10F3N/c1-13(2)8-5-3-4-7(6-8)9(10,11)12/h3-4H,5H2,1-2H3. The molecule has 0 radical (unpaired) electrons. The van der Waals surface area contributed by atoms with Crippen molar-refractivity contribution >= 4 is 0 Å². The first-order chi connectivity index (χ1) is 5.91. The Morgan fingerprint density at radius 1 is 1.38 bits per heavy atom. The summed E-state index contributed by atoms with van der Waals surface area (Å²) in [6, 6.07) is 0. The normalized spacial score (nSPS) is 16.7. The second kappa shape index (κ2) is 3.30. The molecule has 0 aromatic carbocycles. The van der Waals surface area contributed by atoms with Crippen LogP contribution in [0, 0.1) is 0 Å². The summed E-state index contributed by atoms with van der Waals surface area (Å²) >= 11 is 0. The molecule has 0 unspecified atom stereocenters. The van der Waals surface area contributed by atoms with Crippen LogP contribution < -0.4 is 0 Å². The monoisotopic (exact) mass is 189 g/mol. The molecule has 0 fully saturated rings. The van der Waals surface area contributed by atoms with Gasteiger partial charge in [0.2, 0.25) is 0 Å². The molecule has 0 aromatic rings. The molecule has 0 spiro atoms. The Kier molecular flexibility index (Phi) is 2.52. The molecule has 4 heteroatoms. The van der Waals surface area contributed by atoms with Gasteiger partial charge in [-0.15, -0.1) is 0 Å². The number of hydrogen-bond donors (Lipinski definition) is 0. The van der Waals surface area contributed by atoms with Crippen molar-refractivity contribution in [3.05, 3.63) is 29.2 Å². The van der Waals surface area contributed by atoms with Crippen molar-refractivity contribution in [1.82, 2.24) is 4.90 Å². The summed E-state index contributed by atoms with van der Waals surface area (Å²) in [5, 5.41) is 0. The first kappa shape index (κ1) is 9.93. The second-order valence-corrected chi connectivity index (χ2v) is 2.98. The third-order valence-corrected chi connectivity index (χ3v) is 1.72. The van der Waals surface area contributed by atoms with Crippen LogP contribution in [0.15, 0.2) is 29.2 Å². The summed E-state index contributed by atoms with van der Waals surface area (Å²) in [5.74, 6) is 0. The Balaban J connectivity index is 3.08. The lowest BCUT2D eigenvalue weighted by atomic mass is 10.1. The number of nitrogens with zero attached hydrogens (tertiary/aromatic N) is 1. The largest absolute Gasteiger partial charge is 0.423 e. The summed E-state index contributed by atoms with van der Waals surface area (Å²) in [6.45, 7) is 0. The Bertz CT molecular complexity index is 290. The predicted molar refractivity (Wildman–Crippen MR) is 44.0 cm³/mol. The lowest BCUT2D eigenvalue weighted by molar-refractivity contribution is -0.0881. The number of alkyl halides is 3. The van der Waals surface area contributed by atoms with Gasteiger partial charge in [0.05, 0.1) is 11.3 Å². The summed E-state index contributed by atoms with van der Waals surface area (Å²) in [6.07, 6.45) is -1.23. The molecule has 1 rings (SSSR count). The van der Waals surface area contributed by atoms with Crippen LogP contribution in [-0.2, 0) is 0 Å². The highest BCUT2D eigenvalue weighted by atomic mass is 19.4. The van der Waals surface area contributed by atoms with E-state index < -0.39 is 11.7 Å². The van der Waals surface area contributed by atoms with E-state index in [4.69, 9.17) is 0 Å². The van der Waals surface area contributed by atoms with Crippen molar-refractivity contribution in [3.63, 3.8) is 0 Å². The first-order valence-corrected chi connectivity index (χ1v) is 3.82. The fraction of sp³-hybridized carbons (Fsp3) is 0.444. The average Bonchev–Trinajstić information content (AvgIpc) is 2.03. The quantitative estimate of drug-likeness (QED) is 0.573. The molecule has 0 amide bonds. The highest BCUT2D eigenvalue weighted by Crippen LogP contribution is 2.28. The number of allylic oxidation sites excluding steroid dienone is 2. The van der Waals surface area contributed by atoms with E-state index in [0.29, 0.717) is 12.1 Å². The van der Waals surface area contributed by atoms with E-state index in [1.54, 1.807) is 19.0 Å². The summed E-state index contributed by atoms with van der Waals surface area (Å²) < 4.78 is 36.6.